The number of nitrogens with one attached hydrogen (secondary N) is 8. The SMILES string of the molecule is CSCC[C@H](NC(=O)[C@@H]1CCCN1C(=O)CNC(=O)[C@@H]1C[C@@H](O)CN1C(=O)[C@@H]1CCCN1C(=O)CNC(=O)[C@@H]1C[C@@H](O)CN1C(=O)[C@@H]1CCCN1C(=O)CNC(=O)[C@@H]1C[C@@H](O)CN1C(=O)[C@@H]1CCCN1C(=O)CNC(=O)[C@@H]1C[C@@H](O)CN1C(=O)[C@@H]1CCCN1C(=O)CNC(=O)[C@@H]1C[C@@H](O)CN1C(=O)[C@@H]1CCCN1C(=O)CNC(=O)[C@@H]1C[C@@H](O)CN1C(=O)[C@@H]1CCCN1)C(=O)O. The Morgan fingerprint density at radius 2 is 0.515 bits per heavy atom. The number of aliphatic hydroxyl groups excluding tert-OH is 6. The van der Waals surface area contributed by atoms with E-state index in [-0.39, 0.29) is 168 Å². The molecule has 13 heterocycles. The van der Waals surface area contributed by atoms with E-state index in [2.05, 4.69) is 42.5 Å². The lowest BCUT2D eigenvalue weighted by atomic mass is 10.1. The zero-order valence-corrected chi connectivity index (χ0v) is 73.4. The maximum atomic E-state index is 14.5. The fourth-order valence-corrected chi connectivity index (χ4v) is 21.4. The normalized spacial score (nSPS) is 30.3. The maximum absolute atomic E-state index is 14.5. The van der Waals surface area contributed by atoms with E-state index in [1.807, 2.05) is 0 Å². The van der Waals surface area contributed by atoms with Gasteiger partial charge in [0.1, 0.15) is 78.5 Å². The molecule has 0 saturated carbocycles. The van der Waals surface area contributed by atoms with Gasteiger partial charge in [0.15, 0.2) is 0 Å². The van der Waals surface area contributed by atoms with Crippen molar-refractivity contribution in [3.05, 3.63) is 0 Å². The second-order valence-corrected chi connectivity index (χ2v) is 37.0. The number of hydrogen-bond acceptors (Lipinski definition) is 28. The fourth-order valence-electron chi connectivity index (χ4n) is 20.9. The summed E-state index contributed by atoms with van der Waals surface area (Å²) in [7, 11) is 0. The standard InChI is InChI=1S/C82H120N20O27S/c1-130-24-16-50(82(128)129)90-75(121)51-10-3-18-91(51)63(109)31-84-70(116)58-26-44(104)38-98(58)77(123)53-12-5-20-93(53)65(111)33-86-72(118)60-28-46(106)40-100(60)79(125)55-14-7-22-95(55)67(113)35-88-74(120)62-30-48(108)42-102(62)81(127)56-15-8-23-96(56)68(114)36-89-73(119)61-29-47(107)41-101(61)80(126)54-13-6-21-94(54)66(112)34-87-71(117)59-27-45(105)39-99(59)78(124)52-11-4-19-92(52)64(110)32-85-69(115)57-25-43(103)37-97(57)76(122)49-9-2-17-83-49/h43-62,83,103-108H,2-42H2,1H3,(H,84,116)(H,85,115)(H,86,118)(H,87,117)(H,88,120)(H,89,119)(H,90,121)(H,128,129)/t43-,44-,45-,46-,47-,48-,49+,50+,51+,52+,53+,54+,55+,56+,57+,58+,59+,60+,61+,62+/m1/s1. The first-order valence-electron chi connectivity index (χ1n) is 45.2. The lowest BCUT2D eigenvalue weighted by Crippen LogP contribution is -2.57. The van der Waals surface area contributed by atoms with Gasteiger partial charge in [-0.3, -0.25) is 91.1 Å². The summed E-state index contributed by atoms with van der Waals surface area (Å²) >= 11 is 1.41. The molecule has 0 bridgehead atoms. The fraction of sp³-hybridized carbons (Fsp3) is 0.756. The van der Waals surface area contributed by atoms with Gasteiger partial charge < -0.3 is 137 Å². The number of carboxylic acids is 1. The van der Waals surface area contributed by atoms with Crippen molar-refractivity contribution in [2.45, 2.75) is 256 Å². The Kier molecular flexibility index (Phi) is 31.9. The summed E-state index contributed by atoms with van der Waals surface area (Å²) in [6.45, 7) is -4.24. The van der Waals surface area contributed by atoms with Crippen LogP contribution in [0.4, 0.5) is 0 Å². The number of hydrogen-bond donors (Lipinski definition) is 15. The Bertz CT molecular complexity index is 4370. The predicted octanol–water partition coefficient (Wildman–Crippen LogP) is -11.5. The average Bonchev–Trinajstić information content (AvgIpc) is 1.65. The topological polar surface area (TPSA) is 618 Å². The molecule has 13 rings (SSSR count). The summed E-state index contributed by atoms with van der Waals surface area (Å²) < 4.78 is 0. The van der Waals surface area contributed by atoms with Crippen molar-refractivity contribution in [3.63, 3.8) is 0 Å². The third kappa shape index (κ3) is 21.8. The van der Waals surface area contributed by atoms with Crippen LogP contribution in [-0.2, 0) is 95.9 Å². The van der Waals surface area contributed by atoms with Crippen LogP contribution in [0.2, 0.25) is 0 Å². The van der Waals surface area contributed by atoms with E-state index in [4.69, 9.17) is 0 Å². The molecule has 130 heavy (non-hydrogen) atoms. The summed E-state index contributed by atoms with van der Waals surface area (Å²) in [6.07, 6.45) is -1.66. The second kappa shape index (κ2) is 42.8. The molecule has 13 saturated heterocycles. The molecule has 19 amide bonds. The minimum atomic E-state index is -1.35. The molecule has 0 radical (unpaired) electrons. The van der Waals surface area contributed by atoms with Gasteiger partial charge in [-0.1, -0.05) is 0 Å². The van der Waals surface area contributed by atoms with Gasteiger partial charge in [0, 0.05) is 117 Å². The van der Waals surface area contributed by atoms with E-state index in [0.717, 1.165) is 30.9 Å². The second-order valence-electron chi connectivity index (χ2n) is 36.0. The minimum Gasteiger partial charge on any atom is -0.480 e. The highest BCUT2D eigenvalue weighted by Crippen LogP contribution is 2.34. The Labute approximate surface area is 752 Å². The number of nitrogens with zero attached hydrogens (tertiary/aromatic N) is 12. The van der Waals surface area contributed by atoms with E-state index >= 15 is 0 Å². The lowest BCUT2D eigenvalue weighted by molar-refractivity contribution is -0.148. The number of rotatable bonds is 30. The van der Waals surface area contributed by atoms with Gasteiger partial charge >= 0.3 is 5.97 Å². The number of β-amino-alcohol motifs (C(OH)–C–C–N with tert-alkyl or cyclic N) is 6. The van der Waals surface area contributed by atoms with Crippen molar-refractivity contribution in [3.8, 4) is 0 Å². The smallest absolute Gasteiger partial charge is 0.326 e. The monoisotopic (exact) mass is 1850 g/mol. The van der Waals surface area contributed by atoms with Gasteiger partial charge in [-0.15, -0.1) is 0 Å². The van der Waals surface area contributed by atoms with Crippen LogP contribution in [-0.4, -0.2) is 470 Å². The average molecular weight is 1850 g/mol. The summed E-state index contributed by atoms with van der Waals surface area (Å²) in [6, 6.07) is -15.9. The molecule has 0 aromatic heterocycles. The Balaban J connectivity index is 0.537. The molecule has 0 aromatic carbocycles. The third-order valence-corrected chi connectivity index (χ3v) is 28.1. The number of aliphatic hydroxyl groups is 6. The number of amides is 19. The molecule has 47 nitrogen and oxygen atoms in total. The van der Waals surface area contributed by atoms with Gasteiger partial charge in [0.25, 0.3) is 0 Å². The lowest BCUT2D eigenvalue weighted by Gasteiger charge is -2.32. The van der Waals surface area contributed by atoms with Crippen LogP contribution in [0.15, 0.2) is 0 Å². The van der Waals surface area contributed by atoms with Crippen molar-refractivity contribution >= 4 is 130 Å². The number of aliphatic carboxylic acids is 1. The van der Waals surface area contributed by atoms with Crippen LogP contribution in [0.5, 0.6) is 0 Å². The first-order chi connectivity index (χ1) is 62.1. The zero-order chi connectivity index (χ0) is 93.4. The number of carbonyl (C=O) groups excluding carboxylic acids is 19. The highest BCUT2D eigenvalue weighted by molar-refractivity contribution is 7.98. The Morgan fingerprint density at radius 1 is 0.292 bits per heavy atom. The first kappa shape index (κ1) is 97.0. The molecule has 13 aliphatic heterocycles. The molecular weight excluding hydrogens is 1730 g/mol. The maximum Gasteiger partial charge on any atom is 0.326 e. The van der Waals surface area contributed by atoms with Crippen molar-refractivity contribution in [1.29, 1.82) is 0 Å². The van der Waals surface area contributed by atoms with Crippen molar-refractivity contribution in [2.75, 3.05) is 136 Å². The molecule has 20 atom stereocenters. The quantitative estimate of drug-likeness (QED) is 0.0318. The minimum absolute atomic E-state index is 0.0254. The van der Waals surface area contributed by atoms with Gasteiger partial charge in [0.05, 0.1) is 81.9 Å². The number of likely N-dealkylation sites (tertiary alicyclic amines) is 12. The molecule has 13 fully saturated rings. The Hall–Kier alpha value is -10.5. The molecular formula is C82H120N20O27S. The van der Waals surface area contributed by atoms with E-state index in [9.17, 15) is 132 Å². The van der Waals surface area contributed by atoms with Crippen molar-refractivity contribution < 1.29 is 132 Å². The number of thioether (sulfide) groups is 1. The van der Waals surface area contributed by atoms with Gasteiger partial charge in [-0.05, 0) is 115 Å². The highest BCUT2D eigenvalue weighted by atomic mass is 32.2. The molecule has 15 N–H and O–H groups in total. The molecule has 0 aliphatic carbocycles. The van der Waals surface area contributed by atoms with Crippen LogP contribution in [0.25, 0.3) is 0 Å². The summed E-state index contributed by atoms with van der Waals surface area (Å²) in [5.74, 6) is -14.0. The summed E-state index contributed by atoms with van der Waals surface area (Å²) in [4.78, 5) is 291. The number of carboxylic acid groups (broad SMARTS) is 1. The molecule has 13 aliphatic rings. The van der Waals surface area contributed by atoms with Crippen LogP contribution in [0.3, 0.4) is 0 Å². The molecule has 0 aromatic rings. The van der Waals surface area contributed by atoms with Crippen LogP contribution in [0.1, 0.15) is 135 Å². The van der Waals surface area contributed by atoms with E-state index in [1.54, 1.807) is 6.26 Å². The van der Waals surface area contributed by atoms with Gasteiger partial charge in [-0.25, -0.2) is 4.79 Å². The number of carbonyl (C=O) groups is 20. The molecule has 716 valence electrons. The molecule has 0 spiro atoms. The van der Waals surface area contributed by atoms with Gasteiger partial charge in [0.2, 0.25) is 112 Å². The van der Waals surface area contributed by atoms with Crippen LogP contribution < -0.4 is 42.5 Å². The van der Waals surface area contributed by atoms with Crippen LogP contribution in [0, 0.1) is 0 Å². The van der Waals surface area contributed by atoms with Crippen LogP contribution >= 0.6 is 11.8 Å². The van der Waals surface area contributed by atoms with Crippen molar-refractivity contribution in [1.82, 2.24) is 101 Å². The molecule has 48 heteroatoms. The van der Waals surface area contributed by atoms with E-state index in [1.165, 1.54) is 46.1 Å². The van der Waals surface area contributed by atoms with E-state index < -0.39 is 273 Å². The van der Waals surface area contributed by atoms with E-state index in [0.29, 0.717) is 57.2 Å². The third-order valence-electron chi connectivity index (χ3n) is 27.4. The summed E-state index contributed by atoms with van der Waals surface area (Å²) in [5, 5.41) is 95.1. The van der Waals surface area contributed by atoms with Crippen molar-refractivity contribution in [2.24, 2.45) is 0 Å². The summed E-state index contributed by atoms with van der Waals surface area (Å²) in [5.41, 5.74) is 0. The largest absolute Gasteiger partial charge is 0.480 e. The zero-order valence-electron chi connectivity index (χ0n) is 72.6. The first-order valence-corrected chi connectivity index (χ1v) is 46.6. The highest BCUT2D eigenvalue weighted by Gasteiger charge is 2.53. The van der Waals surface area contributed by atoms with Gasteiger partial charge in [-0.2, -0.15) is 11.8 Å². The molecule has 0 unspecified atom stereocenters. The predicted molar refractivity (Wildman–Crippen MR) is 447 cm³/mol. The Morgan fingerprint density at radius 3 is 0.731 bits per heavy atom.